The summed E-state index contributed by atoms with van der Waals surface area (Å²) in [4.78, 5) is 30.2. The number of ether oxygens (including phenoxy) is 1. The number of halogens is 1. The number of nitrogens with zero attached hydrogens (tertiary/aromatic N) is 3. The number of para-hydroxylation sites is 1. The molecular formula is C18H16BrN3O3. The van der Waals surface area contributed by atoms with Crippen LogP contribution >= 0.6 is 15.9 Å². The predicted octanol–water partition coefficient (Wildman–Crippen LogP) is 3.34. The first-order chi connectivity index (χ1) is 12.0. The number of esters is 1. The van der Waals surface area contributed by atoms with Crippen LogP contribution in [0.2, 0.25) is 0 Å². The Kier molecular flexibility index (Phi) is 6.66. The fourth-order valence-corrected chi connectivity index (χ4v) is 2.52. The van der Waals surface area contributed by atoms with Crippen LogP contribution in [0.1, 0.15) is 23.7 Å². The van der Waals surface area contributed by atoms with Crippen LogP contribution in [0.3, 0.4) is 0 Å². The molecule has 0 saturated carbocycles. The van der Waals surface area contributed by atoms with Crippen LogP contribution in [0, 0.1) is 11.3 Å². The first-order valence-corrected chi connectivity index (χ1v) is 8.37. The number of hydrogen-bond acceptors (Lipinski definition) is 5. The molecule has 25 heavy (non-hydrogen) atoms. The number of nitriles is 1. The van der Waals surface area contributed by atoms with E-state index in [0.717, 1.165) is 0 Å². The van der Waals surface area contributed by atoms with E-state index in [9.17, 15) is 9.59 Å². The standard InChI is InChI=1S/C18H16BrN3O3/c1-13(25-18(24)14-10-15(19)12-21-11-14)17(23)22(9-5-8-20)16-6-3-2-4-7-16/h2-4,6-7,10-13H,5,9H2,1H3/t13-/m1/s1. The van der Waals surface area contributed by atoms with Crippen molar-refractivity contribution in [3.05, 3.63) is 58.8 Å². The van der Waals surface area contributed by atoms with E-state index >= 15 is 0 Å². The van der Waals surface area contributed by atoms with Crippen LogP contribution in [-0.4, -0.2) is 29.5 Å². The number of benzene rings is 1. The third kappa shape index (κ3) is 5.13. The van der Waals surface area contributed by atoms with Crippen LogP contribution in [0.15, 0.2) is 53.3 Å². The maximum absolute atomic E-state index is 12.7. The molecule has 0 aliphatic carbocycles. The SMILES string of the molecule is C[C@@H](OC(=O)c1cncc(Br)c1)C(=O)N(CCC#N)c1ccccc1. The number of aromatic nitrogens is 1. The van der Waals surface area contributed by atoms with Gasteiger partial charge in [0.25, 0.3) is 5.91 Å². The highest BCUT2D eigenvalue weighted by Crippen LogP contribution is 2.17. The third-order valence-electron chi connectivity index (χ3n) is 3.35. The summed E-state index contributed by atoms with van der Waals surface area (Å²) in [7, 11) is 0. The molecule has 0 N–H and O–H groups in total. The molecule has 7 heteroatoms. The van der Waals surface area contributed by atoms with E-state index in [0.29, 0.717) is 10.2 Å². The number of carbonyl (C=O) groups excluding carboxylic acids is 2. The largest absolute Gasteiger partial charge is 0.449 e. The van der Waals surface area contributed by atoms with Crippen LogP contribution in [0.5, 0.6) is 0 Å². The lowest BCUT2D eigenvalue weighted by Gasteiger charge is -2.25. The van der Waals surface area contributed by atoms with Crippen LogP contribution in [0.25, 0.3) is 0 Å². The molecule has 0 aliphatic rings. The van der Waals surface area contributed by atoms with Gasteiger partial charge in [-0.1, -0.05) is 18.2 Å². The van der Waals surface area contributed by atoms with Gasteiger partial charge in [-0.3, -0.25) is 9.78 Å². The average molecular weight is 402 g/mol. The van der Waals surface area contributed by atoms with Gasteiger partial charge in [-0.25, -0.2) is 4.79 Å². The Morgan fingerprint density at radius 3 is 2.68 bits per heavy atom. The summed E-state index contributed by atoms with van der Waals surface area (Å²) >= 11 is 3.23. The number of pyridine rings is 1. The van der Waals surface area contributed by atoms with Crippen molar-refractivity contribution in [3.63, 3.8) is 0 Å². The molecule has 1 aromatic carbocycles. The zero-order valence-electron chi connectivity index (χ0n) is 13.6. The number of carbonyl (C=O) groups is 2. The summed E-state index contributed by atoms with van der Waals surface area (Å²) in [5.41, 5.74) is 0.895. The molecule has 2 rings (SSSR count). The molecule has 0 radical (unpaired) electrons. The number of amides is 1. The maximum atomic E-state index is 12.7. The lowest BCUT2D eigenvalue weighted by molar-refractivity contribution is -0.126. The summed E-state index contributed by atoms with van der Waals surface area (Å²) in [6.07, 6.45) is 2.10. The number of anilines is 1. The third-order valence-corrected chi connectivity index (χ3v) is 3.79. The van der Waals surface area contributed by atoms with Crippen molar-refractivity contribution in [2.45, 2.75) is 19.4 Å². The first-order valence-electron chi connectivity index (χ1n) is 7.58. The van der Waals surface area contributed by atoms with E-state index in [1.54, 1.807) is 36.5 Å². The lowest BCUT2D eigenvalue weighted by Crippen LogP contribution is -2.40. The Morgan fingerprint density at radius 1 is 1.32 bits per heavy atom. The van der Waals surface area contributed by atoms with Crippen molar-refractivity contribution >= 4 is 33.5 Å². The van der Waals surface area contributed by atoms with E-state index in [1.807, 2.05) is 12.1 Å². The van der Waals surface area contributed by atoms with Gasteiger partial charge in [0.05, 0.1) is 18.1 Å². The van der Waals surface area contributed by atoms with Gasteiger partial charge in [-0.2, -0.15) is 5.26 Å². The van der Waals surface area contributed by atoms with Crippen molar-refractivity contribution < 1.29 is 14.3 Å². The minimum Gasteiger partial charge on any atom is -0.449 e. The summed E-state index contributed by atoms with van der Waals surface area (Å²) < 4.78 is 5.90. The van der Waals surface area contributed by atoms with Gasteiger partial charge in [0, 0.05) is 29.1 Å². The molecule has 6 nitrogen and oxygen atoms in total. The zero-order chi connectivity index (χ0) is 18.2. The Morgan fingerprint density at radius 2 is 2.04 bits per heavy atom. The molecule has 0 unspecified atom stereocenters. The van der Waals surface area contributed by atoms with Gasteiger partial charge >= 0.3 is 5.97 Å². The molecule has 1 heterocycles. The first kappa shape index (κ1) is 18.6. The lowest BCUT2D eigenvalue weighted by atomic mass is 10.2. The van der Waals surface area contributed by atoms with Gasteiger partial charge in [0.1, 0.15) is 0 Å². The molecule has 0 spiro atoms. The van der Waals surface area contributed by atoms with Gasteiger partial charge in [-0.05, 0) is 41.1 Å². The predicted molar refractivity (Wildman–Crippen MR) is 95.8 cm³/mol. The summed E-state index contributed by atoms with van der Waals surface area (Å²) in [5.74, 6) is -1.03. The van der Waals surface area contributed by atoms with E-state index in [2.05, 4.69) is 20.9 Å². The molecule has 0 saturated heterocycles. The Labute approximate surface area is 154 Å². The molecule has 1 aromatic heterocycles. The number of rotatable bonds is 6. The number of hydrogen-bond donors (Lipinski definition) is 0. The molecule has 128 valence electrons. The van der Waals surface area contributed by atoms with Gasteiger partial charge < -0.3 is 9.64 Å². The highest BCUT2D eigenvalue weighted by Gasteiger charge is 2.25. The van der Waals surface area contributed by atoms with Crippen molar-refractivity contribution in [2.24, 2.45) is 0 Å². The average Bonchev–Trinajstić information content (AvgIpc) is 2.62. The summed E-state index contributed by atoms with van der Waals surface area (Å²) in [6.45, 7) is 1.73. The molecule has 0 bridgehead atoms. The van der Waals surface area contributed by atoms with E-state index in [1.165, 1.54) is 18.0 Å². The molecule has 0 fully saturated rings. The zero-order valence-corrected chi connectivity index (χ0v) is 15.1. The second kappa shape index (κ2) is 8.94. The second-order valence-corrected chi connectivity index (χ2v) is 6.09. The molecular weight excluding hydrogens is 386 g/mol. The molecule has 2 aromatic rings. The topological polar surface area (TPSA) is 83.3 Å². The van der Waals surface area contributed by atoms with Crippen LogP contribution in [-0.2, 0) is 9.53 Å². The smallest absolute Gasteiger partial charge is 0.340 e. The van der Waals surface area contributed by atoms with Gasteiger partial charge in [0.2, 0.25) is 0 Å². The van der Waals surface area contributed by atoms with E-state index in [-0.39, 0.29) is 18.5 Å². The minimum atomic E-state index is -0.995. The van der Waals surface area contributed by atoms with E-state index in [4.69, 9.17) is 10.00 Å². The highest BCUT2D eigenvalue weighted by atomic mass is 79.9. The van der Waals surface area contributed by atoms with Crippen molar-refractivity contribution in [2.75, 3.05) is 11.4 Å². The Bertz CT molecular complexity index is 790. The van der Waals surface area contributed by atoms with Crippen molar-refractivity contribution in [1.29, 1.82) is 5.26 Å². The summed E-state index contributed by atoms with van der Waals surface area (Å²) in [6, 6.07) is 12.5. The highest BCUT2D eigenvalue weighted by molar-refractivity contribution is 9.10. The maximum Gasteiger partial charge on any atom is 0.340 e. The molecule has 1 atom stereocenters. The van der Waals surface area contributed by atoms with Gasteiger partial charge in [-0.15, -0.1) is 0 Å². The monoisotopic (exact) mass is 401 g/mol. The minimum absolute atomic E-state index is 0.177. The van der Waals surface area contributed by atoms with Crippen LogP contribution < -0.4 is 4.90 Å². The van der Waals surface area contributed by atoms with Crippen molar-refractivity contribution in [3.8, 4) is 6.07 Å². The Hall–Kier alpha value is -2.72. The fraction of sp³-hybridized carbons (Fsp3) is 0.222. The molecule has 0 aliphatic heterocycles. The normalized spacial score (nSPS) is 11.2. The van der Waals surface area contributed by atoms with E-state index < -0.39 is 18.0 Å². The van der Waals surface area contributed by atoms with Crippen molar-refractivity contribution in [1.82, 2.24) is 4.98 Å². The quantitative estimate of drug-likeness (QED) is 0.693. The Balaban J connectivity index is 2.12. The summed E-state index contributed by atoms with van der Waals surface area (Å²) in [5, 5.41) is 8.82. The van der Waals surface area contributed by atoms with Gasteiger partial charge in [0.15, 0.2) is 6.10 Å². The molecule has 1 amide bonds. The second-order valence-electron chi connectivity index (χ2n) is 5.17. The fourth-order valence-electron chi connectivity index (χ4n) is 2.16. The van der Waals surface area contributed by atoms with Crippen LogP contribution in [0.4, 0.5) is 5.69 Å².